The highest BCUT2D eigenvalue weighted by molar-refractivity contribution is 5.96. The van der Waals surface area contributed by atoms with Gasteiger partial charge >= 0.3 is 5.97 Å². The van der Waals surface area contributed by atoms with Gasteiger partial charge in [0.15, 0.2) is 23.0 Å². The normalized spacial score (nSPS) is 13.2. The maximum Gasteiger partial charge on any atom is 0.343 e. The van der Waals surface area contributed by atoms with Crippen molar-refractivity contribution in [1.82, 2.24) is 5.43 Å². The van der Waals surface area contributed by atoms with Crippen LogP contribution in [-0.2, 0) is 0 Å². The second-order valence-corrected chi connectivity index (χ2v) is 6.76. The lowest BCUT2D eigenvalue weighted by molar-refractivity contribution is 0.0733. The molecular weight excluding hydrogens is 416 g/mol. The van der Waals surface area contributed by atoms with E-state index >= 15 is 0 Å². The van der Waals surface area contributed by atoms with Crippen molar-refractivity contribution < 1.29 is 33.3 Å². The summed E-state index contributed by atoms with van der Waals surface area (Å²) in [6.45, 7) is 0.241. The Morgan fingerprint density at radius 1 is 0.812 bits per heavy atom. The predicted octanol–water partition coefficient (Wildman–Crippen LogP) is 3.13. The number of amides is 1. The number of nitrogens with one attached hydrogen (secondary N) is 1. The molecule has 0 aromatic heterocycles. The third-order valence-corrected chi connectivity index (χ3v) is 4.73. The van der Waals surface area contributed by atoms with Crippen molar-refractivity contribution in [2.24, 2.45) is 5.10 Å². The Morgan fingerprint density at radius 3 is 2.19 bits per heavy atom. The van der Waals surface area contributed by atoms with Gasteiger partial charge in [0.2, 0.25) is 13.6 Å². The van der Waals surface area contributed by atoms with E-state index in [1.54, 1.807) is 60.7 Å². The number of carbonyl (C=O) groups is 2. The maximum atomic E-state index is 12.6. The second kappa shape index (κ2) is 8.31. The van der Waals surface area contributed by atoms with Crippen molar-refractivity contribution >= 4 is 18.1 Å². The highest BCUT2D eigenvalue weighted by Crippen LogP contribution is 2.33. The van der Waals surface area contributed by atoms with E-state index in [-0.39, 0.29) is 19.3 Å². The lowest BCUT2D eigenvalue weighted by Gasteiger charge is -2.08. The highest BCUT2D eigenvalue weighted by Gasteiger charge is 2.18. The van der Waals surface area contributed by atoms with E-state index in [0.717, 1.165) is 0 Å². The summed E-state index contributed by atoms with van der Waals surface area (Å²) >= 11 is 0. The molecular formula is C23H16N2O7. The minimum absolute atomic E-state index is 0.116. The van der Waals surface area contributed by atoms with Crippen LogP contribution in [0, 0.1) is 0 Å². The fraction of sp³-hybridized carbons (Fsp3) is 0.0870. The van der Waals surface area contributed by atoms with Crippen molar-refractivity contribution in [3.8, 4) is 28.7 Å². The molecule has 0 radical (unpaired) electrons. The van der Waals surface area contributed by atoms with E-state index in [2.05, 4.69) is 10.5 Å². The van der Waals surface area contributed by atoms with E-state index < -0.39 is 11.9 Å². The molecule has 0 fully saturated rings. The topological polar surface area (TPSA) is 105 Å². The molecule has 3 aromatic carbocycles. The Bertz CT molecular complexity index is 1240. The number of esters is 1. The summed E-state index contributed by atoms with van der Waals surface area (Å²) in [4.78, 5) is 24.9. The van der Waals surface area contributed by atoms with Crippen LogP contribution in [0.4, 0.5) is 0 Å². The van der Waals surface area contributed by atoms with Gasteiger partial charge in [-0.25, -0.2) is 10.2 Å². The molecule has 1 N–H and O–H groups in total. The Labute approximate surface area is 182 Å². The number of benzene rings is 3. The Hall–Kier alpha value is -4.53. The Morgan fingerprint density at radius 2 is 1.44 bits per heavy atom. The molecule has 1 amide bonds. The Balaban J connectivity index is 1.26. The number of rotatable bonds is 5. The zero-order chi connectivity index (χ0) is 21.9. The van der Waals surface area contributed by atoms with E-state index in [0.29, 0.717) is 39.7 Å². The molecule has 2 aliphatic rings. The number of carbonyl (C=O) groups excluding carboxylic acids is 2. The summed E-state index contributed by atoms with van der Waals surface area (Å²) in [5, 5.41) is 3.97. The number of para-hydroxylation sites is 1. The third kappa shape index (κ3) is 3.91. The molecule has 0 aliphatic carbocycles. The zero-order valence-corrected chi connectivity index (χ0v) is 16.6. The van der Waals surface area contributed by atoms with Gasteiger partial charge in [-0.2, -0.15) is 5.10 Å². The molecule has 0 atom stereocenters. The van der Waals surface area contributed by atoms with Crippen LogP contribution in [0.1, 0.15) is 26.3 Å². The molecule has 0 unspecified atom stereocenters. The molecule has 0 saturated heterocycles. The smallest absolute Gasteiger partial charge is 0.343 e. The second-order valence-electron chi connectivity index (χ2n) is 6.76. The largest absolute Gasteiger partial charge is 0.454 e. The van der Waals surface area contributed by atoms with Crippen LogP contribution in [0.5, 0.6) is 28.7 Å². The SMILES string of the molecule is O=C(N/N=C/c1ccccc1OC(=O)c1ccc2c(c1)OCO2)c1ccc2c(c1)OCO2. The number of ether oxygens (including phenoxy) is 5. The first-order valence-electron chi connectivity index (χ1n) is 9.61. The van der Waals surface area contributed by atoms with E-state index in [9.17, 15) is 9.59 Å². The summed E-state index contributed by atoms with van der Waals surface area (Å²) in [6.07, 6.45) is 1.40. The van der Waals surface area contributed by atoms with Gasteiger partial charge in [-0.3, -0.25) is 4.79 Å². The predicted molar refractivity (Wildman–Crippen MR) is 112 cm³/mol. The first kappa shape index (κ1) is 19.4. The first-order valence-corrected chi connectivity index (χ1v) is 9.61. The van der Waals surface area contributed by atoms with Gasteiger partial charge < -0.3 is 23.7 Å². The average molecular weight is 432 g/mol. The minimum Gasteiger partial charge on any atom is -0.454 e. The van der Waals surface area contributed by atoms with Crippen molar-refractivity contribution in [3.05, 3.63) is 77.4 Å². The minimum atomic E-state index is -0.562. The number of nitrogens with zero attached hydrogens (tertiary/aromatic N) is 1. The van der Waals surface area contributed by atoms with Gasteiger partial charge in [-0.15, -0.1) is 0 Å². The van der Waals surface area contributed by atoms with E-state index in [1.165, 1.54) is 6.21 Å². The van der Waals surface area contributed by atoms with E-state index in [1.807, 2.05) is 0 Å². The monoisotopic (exact) mass is 432 g/mol. The van der Waals surface area contributed by atoms with Gasteiger partial charge in [0.05, 0.1) is 11.8 Å². The van der Waals surface area contributed by atoms with Crippen molar-refractivity contribution in [2.45, 2.75) is 0 Å². The van der Waals surface area contributed by atoms with Gasteiger partial charge in [-0.05, 0) is 48.5 Å². The van der Waals surface area contributed by atoms with Crippen LogP contribution in [-0.4, -0.2) is 31.7 Å². The molecule has 0 saturated carbocycles. The molecule has 9 nitrogen and oxygen atoms in total. The van der Waals surface area contributed by atoms with Gasteiger partial charge in [-0.1, -0.05) is 12.1 Å². The summed E-state index contributed by atoms with van der Waals surface area (Å²) < 4.78 is 26.6. The van der Waals surface area contributed by atoms with Crippen LogP contribution < -0.4 is 29.1 Å². The summed E-state index contributed by atoms with van der Waals surface area (Å²) in [7, 11) is 0. The molecule has 9 heteroatoms. The molecule has 2 heterocycles. The number of hydrogen-bond acceptors (Lipinski definition) is 8. The Kier molecular flexibility index (Phi) is 5.04. The quantitative estimate of drug-likeness (QED) is 0.286. The van der Waals surface area contributed by atoms with Crippen molar-refractivity contribution in [3.63, 3.8) is 0 Å². The number of fused-ring (bicyclic) bond motifs is 2. The number of hydrazone groups is 1. The standard InChI is InChI=1S/C23H16N2O7/c26-22(14-5-7-18-20(9-14)30-12-28-18)25-24-11-16-3-1-2-4-17(16)32-23(27)15-6-8-19-21(10-15)31-13-29-19/h1-11H,12-13H2,(H,25,26)/b24-11+. The first-order chi connectivity index (χ1) is 15.7. The zero-order valence-electron chi connectivity index (χ0n) is 16.6. The van der Waals surface area contributed by atoms with E-state index in [4.69, 9.17) is 23.7 Å². The van der Waals surface area contributed by atoms with Gasteiger partial charge in [0, 0.05) is 11.1 Å². The molecule has 2 aliphatic heterocycles. The number of hydrogen-bond donors (Lipinski definition) is 1. The van der Waals surface area contributed by atoms with Crippen LogP contribution in [0.15, 0.2) is 65.8 Å². The van der Waals surface area contributed by atoms with Crippen molar-refractivity contribution in [2.75, 3.05) is 13.6 Å². The van der Waals surface area contributed by atoms with Gasteiger partial charge in [0.1, 0.15) is 5.75 Å². The molecule has 0 bridgehead atoms. The van der Waals surface area contributed by atoms with Crippen LogP contribution in [0.2, 0.25) is 0 Å². The van der Waals surface area contributed by atoms with Crippen LogP contribution >= 0.6 is 0 Å². The molecule has 0 spiro atoms. The summed E-state index contributed by atoms with van der Waals surface area (Å²) in [5.41, 5.74) is 3.64. The van der Waals surface area contributed by atoms with Gasteiger partial charge in [0.25, 0.3) is 5.91 Å². The van der Waals surface area contributed by atoms with Crippen LogP contribution in [0.25, 0.3) is 0 Å². The fourth-order valence-electron chi connectivity index (χ4n) is 3.13. The van der Waals surface area contributed by atoms with Crippen molar-refractivity contribution in [1.29, 1.82) is 0 Å². The fourth-order valence-corrected chi connectivity index (χ4v) is 3.13. The molecule has 5 rings (SSSR count). The molecule has 160 valence electrons. The van der Waals surface area contributed by atoms with Crippen LogP contribution in [0.3, 0.4) is 0 Å². The molecule has 32 heavy (non-hydrogen) atoms. The third-order valence-electron chi connectivity index (χ3n) is 4.73. The lowest BCUT2D eigenvalue weighted by atomic mass is 10.2. The molecule has 3 aromatic rings. The average Bonchev–Trinajstić information content (AvgIpc) is 3.48. The maximum absolute atomic E-state index is 12.6. The lowest BCUT2D eigenvalue weighted by Crippen LogP contribution is -2.17. The summed E-state index contributed by atoms with van der Waals surface area (Å²) in [5.74, 6) is 1.46. The summed E-state index contributed by atoms with van der Waals surface area (Å²) in [6, 6.07) is 16.5. The highest BCUT2D eigenvalue weighted by atomic mass is 16.7.